The van der Waals surface area contributed by atoms with Crippen molar-refractivity contribution in [2.45, 2.75) is 56.2 Å². The van der Waals surface area contributed by atoms with Gasteiger partial charge in [0.2, 0.25) is 5.54 Å². The van der Waals surface area contributed by atoms with Crippen molar-refractivity contribution in [3.05, 3.63) is 52.5 Å². The van der Waals surface area contributed by atoms with E-state index in [1.54, 1.807) is 0 Å². The smallest absolute Gasteiger partial charge is 0.223 e. The van der Waals surface area contributed by atoms with E-state index < -0.39 is 11.6 Å². The van der Waals surface area contributed by atoms with Gasteiger partial charge in [-0.15, -0.1) is 0 Å². The Hall–Kier alpha value is -2.21. The molecule has 1 N–H and O–H groups in total. The van der Waals surface area contributed by atoms with E-state index in [9.17, 15) is 15.2 Å². The molecule has 5 aliphatic rings. The highest BCUT2D eigenvalue weighted by molar-refractivity contribution is 5.68. The monoisotopic (exact) mass is 379 g/mol. The molecule has 0 radical (unpaired) electrons. The fourth-order valence-electron chi connectivity index (χ4n) is 7.43. The van der Waals surface area contributed by atoms with Gasteiger partial charge in [-0.1, -0.05) is 24.3 Å². The Labute approximate surface area is 163 Å². The third kappa shape index (κ3) is 2.15. The fourth-order valence-corrected chi connectivity index (χ4v) is 7.43. The molecule has 1 aromatic carbocycles. The molecule has 6 heteroatoms. The van der Waals surface area contributed by atoms with E-state index in [0.717, 1.165) is 25.0 Å². The molecule has 0 saturated heterocycles. The van der Waals surface area contributed by atoms with Gasteiger partial charge in [0, 0.05) is 29.7 Å². The molecule has 2 heterocycles. The maximum absolute atomic E-state index is 11.8. The average molecular weight is 379 g/mol. The third-order valence-electron chi connectivity index (χ3n) is 8.21. The molecule has 4 saturated carbocycles. The molecule has 4 aliphatic carbocycles. The van der Waals surface area contributed by atoms with Crippen LogP contribution in [0.3, 0.4) is 0 Å². The number of aliphatic hydroxyl groups is 1. The number of fused-ring (bicyclic) bond motifs is 3. The zero-order valence-electron chi connectivity index (χ0n) is 15.8. The first-order valence-electron chi connectivity index (χ1n) is 10.5. The second-order valence-corrected chi connectivity index (χ2v) is 9.62. The lowest BCUT2D eigenvalue weighted by Crippen LogP contribution is -2.60. The van der Waals surface area contributed by atoms with E-state index in [-0.39, 0.29) is 16.9 Å². The predicted octanol–water partition coefficient (Wildman–Crippen LogP) is 3.68. The van der Waals surface area contributed by atoms with E-state index in [2.05, 4.69) is 27.8 Å². The molecule has 0 amide bonds. The SMILES string of the molecule is O=[N+]([O-])C12CC3CC(C1)C(C(O)CC1c4ccccc4-c4cncn41)C(C3)C2. The van der Waals surface area contributed by atoms with Crippen LogP contribution in [0, 0.1) is 33.8 Å². The maximum Gasteiger partial charge on any atom is 0.223 e. The Morgan fingerprint density at radius 3 is 2.75 bits per heavy atom. The van der Waals surface area contributed by atoms with Crippen LogP contribution in [0.15, 0.2) is 36.8 Å². The number of hydrogen-bond acceptors (Lipinski definition) is 4. The Morgan fingerprint density at radius 2 is 2.00 bits per heavy atom. The average Bonchev–Trinajstić information content (AvgIpc) is 3.24. The fraction of sp³-hybridized carbons (Fsp3) is 0.591. The topological polar surface area (TPSA) is 81.2 Å². The first kappa shape index (κ1) is 16.7. The number of nitro groups is 1. The first-order valence-corrected chi connectivity index (χ1v) is 10.5. The standard InChI is InChI=1S/C22H25N3O3/c26-20(7-18-16-3-1-2-4-17(16)19-11-23-12-24(18)19)21-14-5-13-6-15(21)10-22(8-13,9-14)25(27)28/h1-4,11-15,18,20-21,26H,5-10H2. The van der Waals surface area contributed by atoms with Gasteiger partial charge in [0.15, 0.2) is 0 Å². The number of aliphatic hydroxyl groups excluding tert-OH is 1. The highest BCUT2D eigenvalue weighted by Gasteiger charge is 2.62. The number of rotatable bonds is 4. The molecule has 4 bridgehead atoms. The van der Waals surface area contributed by atoms with Crippen LogP contribution in [-0.4, -0.2) is 31.2 Å². The van der Waals surface area contributed by atoms with Crippen LogP contribution >= 0.6 is 0 Å². The molecule has 146 valence electrons. The minimum atomic E-state index is -0.704. The maximum atomic E-state index is 11.8. The number of benzene rings is 1. The number of imidazole rings is 1. The molecular weight excluding hydrogens is 354 g/mol. The zero-order chi connectivity index (χ0) is 19.0. The van der Waals surface area contributed by atoms with Crippen LogP contribution < -0.4 is 0 Å². The van der Waals surface area contributed by atoms with Crippen molar-refractivity contribution < 1.29 is 10.0 Å². The summed E-state index contributed by atoms with van der Waals surface area (Å²) in [6.45, 7) is 0. The summed E-state index contributed by atoms with van der Waals surface area (Å²) in [5.41, 5.74) is 2.87. The predicted molar refractivity (Wildman–Crippen MR) is 103 cm³/mol. The van der Waals surface area contributed by atoms with Crippen molar-refractivity contribution in [2.24, 2.45) is 23.7 Å². The lowest BCUT2D eigenvalue weighted by atomic mass is 9.48. The minimum absolute atomic E-state index is 0.00586. The lowest BCUT2D eigenvalue weighted by Gasteiger charge is -2.57. The second kappa shape index (κ2) is 5.66. The quantitative estimate of drug-likeness (QED) is 0.649. The molecule has 4 unspecified atom stereocenters. The van der Waals surface area contributed by atoms with Crippen LogP contribution in [0.4, 0.5) is 0 Å². The molecule has 4 fully saturated rings. The zero-order valence-corrected chi connectivity index (χ0v) is 15.8. The van der Waals surface area contributed by atoms with E-state index in [4.69, 9.17) is 0 Å². The summed E-state index contributed by atoms with van der Waals surface area (Å²) < 4.78 is 2.18. The molecule has 1 aromatic heterocycles. The highest BCUT2D eigenvalue weighted by Crippen LogP contribution is 2.60. The van der Waals surface area contributed by atoms with Crippen molar-refractivity contribution in [3.63, 3.8) is 0 Å². The normalized spacial score (nSPS) is 38.2. The molecular formula is C22H25N3O3. The number of aromatic nitrogens is 2. The number of hydrogen-bond donors (Lipinski definition) is 1. The van der Waals surface area contributed by atoms with Crippen molar-refractivity contribution in [1.82, 2.24) is 9.55 Å². The summed E-state index contributed by atoms with van der Waals surface area (Å²) >= 11 is 0. The van der Waals surface area contributed by atoms with Gasteiger partial charge in [0.1, 0.15) is 0 Å². The van der Waals surface area contributed by atoms with Crippen molar-refractivity contribution in [2.75, 3.05) is 0 Å². The van der Waals surface area contributed by atoms with Gasteiger partial charge >= 0.3 is 0 Å². The van der Waals surface area contributed by atoms with Gasteiger partial charge in [-0.2, -0.15) is 0 Å². The van der Waals surface area contributed by atoms with Gasteiger partial charge in [-0.3, -0.25) is 10.1 Å². The molecule has 7 rings (SSSR count). The van der Waals surface area contributed by atoms with Crippen LogP contribution in [0.25, 0.3) is 11.3 Å². The Balaban J connectivity index is 1.29. The molecule has 2 aromatic rings. The van der Waals surface area contributed by atoms with Crippen molar-refractivity contribution >= 4 is 0 Å². The van der Waals surface area contributed by atoms with E-state index in [1.807, 2.05) is 18.6 Å². The number of nitrogens with zero attached hydrogens (tertiary/aromatic N) is 3. The van der Waals surface area contributed by atoms with E-state index in [1.165, 1.54) is 11.1 Å². The summed E-state index contributed by atoms with van der Waals surface area (Å²) in [6, 6.07) is 8.48. The Morgan fingerprint density at radius 1 is 1.25 bits per heavy atom. The van der Waals surface area contributed by atoms with Crippen LogP contribution in [-0.2, 0) is 0 Å². The molecule has 4 atom stereocenters. The summed E-state index contributed by atoms with van der Waals surface area (Å²) in [4.78, 5) is 16.1. The lowest BCUT2D eigenvalue weighted by molar-refractivity contribution is -0.590. The summed E-state index contributed by atoms with van der Waals surface area (Å²) in [6.07, 6.45) is 8.19. The summed E-state index contributed by atoms with van der Waals surface area (Å²) in [5, 5.41) is 23.1. The van der Waals surface area contributed by atoms with Gasteiger partial charge in [0.25, 0.3) is 0 Å². The van der Waals surface area contributed by atoms with E-state index in [0.29, 0.717) is 37.0 Å². The molecule has 6 nitrogen and oxygen atoms in total. The minimum Gasteiger partial charge on any atom is -0.393 e. The largest absolute Gasteiger partial charge is 0.393 e. The second-order valence-electron chi connectivity index (χ2n) is 9.62. The van der Waals surface area contributed by atoms with Crippen LogP contribution in [0.1, 0.15) is 50.1 Å². The summed E-state index contributed by atoms with van der Waals surface area (Å²) in [5.74, 6) is 1.28. The summed E-state index contributed by atoms with van der Waals surface area (Å²) in [7, 11) is 0. The first-order chi connectivity index (χ1) is 13.6. The van der Waals surface area contributed by atoms with Gasteiger partial charge in [-0.05, 0) is 48.5 Å². The van der Waals surface area contributed by atoms with Gasteiger partial charge in [0.05, 0.1) is 30.4 Å². The van der Waals surface area contributed by atoms with Gasteiger partial charge < -0.3 is 9.67 Å². The Kier molecular flexibility index (Phi) is 3.38. The van der Waals surface area contributed by atoms with Gasteiger partial charge in [-0.25, -0.2) is 4.98 Å². The van der Waals surface area contributed by atoms with Crippen molar-refractivity contribution in [1.29, 1.82) is 0 Å². The van der Waals surface area contributed by atoms with Crippen LogP contribution in [0.5, 0.6) is 0 Å². The third-order valence-corrected chi connectivity index (χ3v) is 8.21. The van der Waals surface area contributed by atoms with Crippen molar-refractivity contribution in [3.8, 4) is 11.3 Å². The van der Waals surface area contributed by atoms with Crippen LogP contribution in [0.2, 0.25) is 0 Å². The highest BCUT2D eigenvalue weighted by atomic mass is 16.6. The van der Waals surface area contributed by atoms with E-state index >= 15 is 0 Å². The molecule has 0 spiro atoms. The Bertz CT molecular complexity index is 938. The molecule has 28 heavy (non-hydrogen) atoms. The molecule has 1 aliphatic heterocycles.